The molecule has 0 aliphatic heterocycles. The average Bonchev–Trinajstić information content (AvgIpc) is 2.73. The second kappa shape index (κ2) is 8.23. The molecule has 1 aromatic heterocycles. The van der Waals surface area contributed by atoms with Crippen LogP contribution in [0.3, 0.4) is 0 Å². The number of nitrogens with zero attached hydrogens (tertiary/aromatic N) is 2. The van der Waals surface area contributed by atoms with Crippen molar-refractivity contribution in [2.45, 2.75) is 17.2 Å². The van der Waals surface area contributed by atoms with Crippen molar-refractivity contribution >= 4 is 34.3 Å². The predicted molar refractivity (Wildman–Crippen MR) is 114 cm³/mol. The van der Waals surface area contributed by atoms with Crippen molar-refractivity contribution in [1.82, 2.24) is 9.97 Å². The lowest BCUT2D eigenvalue weighted by Gasteiger charge is -2.17. The predicted octanol–water partition coefficient (Wildman–Crippen LogP) is 5.41. The topological polar surface area (TPSA) is 54.9 Å². The smallest absolute Gasteiger partial charge is 0.242 e. The fraction of sp³-hybridized carbons (Fsp3) is 0.0870. The van der Waals surface area contributed by atoms with Gasteiger partial charge in [-0.3, -0.25) is 4.79 Å². The maximum Gasteiger partial charge on any atom is 0.242 e. The van der Waals surface area contributed by atoms with Gasteiger partial charge in [0.1, 0.15) is 16.1 Å². The summed E-state index contributed by atoms with van der Waals surface area (Å²) >= 11 is 1.45. The van der Waals surface area contributed by atoms with Gasteiger partial charge in [0.2, 0.25) is 5.91 Å². The van der Waals surface area contributed by atoms with E-state index in [4.69, 9.17) is 0 Å². The van der Waals surface area contributed by atoms with Crippen LogP contribution in [0.1, 0.15) is 16.6 Å². The highest BCUT2D eigenvalue weighted by molar-refractivity contribution is 8.00. The normalized spacial score (nSPS) is 11.9. The molecule has 0 fully saturated rings. The number of hydrogen-bond acceptors (Lipinski definition) is 4. The lowest BCUT2D eigenvalue weighted by atomic mass is 10.1. The number of carbonyl (C=O) groups excluding carboxylic acids is 1. The summed E-state index contributed by atoms with van der Waals surface area (Å²) in [6, 6.07) is 27.2. The lowest BCUT2D eigenvalue weighted by molar-refractivity contribution is -0.115. The number of para-hydroxylation sites is 2. The van der Waals surface area contributed by atoms with Crippen LogP contribution in [0.5, 0.6) is 0 Å². The van der Waals surface area contributed by atoms with E-state index in [1.54, 1.807) is 0 Å². The quantitative estimate of drug-likeness (QED) is 0.369. The van der Waals surface area contributed by atoms with E-state index >= 15 is 0 Å². The third-order valence-corrected chi connectivity index (χ3v) is 5.55. The maximum atomic E-state index is 13.2. The molecule has 1 heterocycles. The molecule has 1 atom stereocenters. The summed E-state index contributed by atoms with van der Waals surface area (Å²) < 4.78 is 0. The van der Waals surface area contributed by atoms with Gasteiger partial charge in [-0.05, 0) is 30.7 Å². The van der Waals surface area contributed by atoms with Crippen LogP contribution in [0.15, 0.2) is 90.0 Å². The van der Waals surface area contributed by atoms with Crippen LogP contribution >= 0.6 is 11.8 Å². The van der Waals surface area contributed by atoms with Crippen LogP contribution in [0.2, 0.25) is 0 Å². The molecule has 4 nitrogen and oxygen atoms in total. The Morgan fingerprint density at radius 3 is 2.25 bits per heavy atom. The van der Waals surface area contributed by atoms with E-state index in [1.807, 2.05) is 91.9 Å². The molecule has 1 N–H and O–H groups in total. The van der Waals surface area contributed by atoms with Crippen molar-refractivity contribution in [2.75, 3.05) is 5.32 Å². The average molecular weight is 385 g/mol. The highest BCUT2D eigenvalue weighted by Gasteiger charge is 2.24. The van der Waals surface area contributed by atoms with Crippen molar-refractivity contribution < 1.29 is 4.79 Å². The number of benzene rings is 3. The first-order chi connectivity index (χ1) is 13.7. The minimum absolute atomic E-state index is 0.0808. The fourth-order valence-corrected chi connectivity index (χ4v) is 4.16. The van der Waals surface area contributed by atoms with Gasteiger partial charge < -0.3 is 5.32 Å². The second-order valence-electron chi connectivity index (χ2n) is 6.36. The molecule has 0 radical (unpaired) electrons. The highest BCUT2D eigenvalue weighted by Crippen LogP contribution is 2.38. The third kappa shape index (κ3) is 4.05. The fourth-order valence-electron chi connectivity index (χ4n) is 2.99. The van der Waals surface area contributed by atoms with Gasteiger partial charge in [0.05, 0.1) is 5.52 Å². The molecule has 28 heavy (non-hydrogen) atoms. The summed E-state index contributed by atoms with van der Waals surface area (Å²) in [5, 5.41) is 4.35. The van der Waals surface area contributed by atoms with Gasteiger partial charge in [0, 0.05) is 11.1 Å². The first-order valence-corrected chi connectivity index (χ1v) is 9.89. The number of hydrogen-bond donors (Lipinski definition) is 1. The molecule has 0 spiro atoms. The number of amides is 1. The van der Waals surface area contributed by atoms with E-state index in [2.05, 4.69) is 15.3 Å². The van der Waals surface area contributed by atoms with Crippen LogP contribution in [0.4, 0.5) is 5.69 Å². The Kier molecular flexibility index (Phi) is 5.35. The van der Waals surface area contributed by atoms with Gasteiger partial charge in [0.15, 0.2) is 0 Å². The van der Waals surface area contributed by atoms with E-state index in [1.165, 1.54) is 11.8 Å². The molecule has 0 aliphatic carbocycles. The summed E-state index contributed by atoms with van der Waals surface area (Å²) in [7, 11) is 0. The van der Waals surface area contributed by atoms with E-state index in [9.17, 15) is 4.79 Å². The molecular formula is C23H19N3OS. The maximum absolute atomic E-state index is 13.2. The molecule has 138 valence electrons. The first-order valence-electron chi connectivity index (χ1n) is 9.01. The van der Waals surface area contributed by atoms with Gasteiger partial charge in [-0.25, -0.2) is 9.97 Å². The van der Waals surface area contributed by atoms with Crippen molar-refractivity contribution in [3.63, 3.8) is 0 Å². The molecule has 3 aromatic carbocycles. The molecule has 4 aromatic rings. The highest BCUT2D eigenvalue weighted by atomic mass is 32.2. The molecule has 1 unspecified atom stereocenters. The van der Waals surface area contributed by atoms with Crippen LogP contribution in [0.25, 0.3) is 10.9 Å². The van der Waals surface area contributed by atoms with Crippen LogP contribution in [0, 0.1) is 6.92 Å². The van der Waals surface area contributed by atoms with E-state index in [0.717, 1.165) is 27.2 Å². The Morgan fingerprint density at radius 2 is 1.50 bits per heavy atom. The number of rotatable bonds is 5. The standard InChI is InChI=1S/C23H19N3OS/c1-16-24-20-15-9-8-14-19(20)23(25-16)28-21(17-10-4-2-5-11-17)22(27)26-18-12-6-3-7-13-18/h2-15,21H,1H3,(H,26,27). The van der Waals surface area contributed by atoms with Gasteiger partial charge >= 0.3 is 0 Å². The Hall–Kier alpha value is -3.18. The minimum atomic E-state index is -0.431. The summed E-state index contributed by atoms with van der Waals surface area (Å²) in [6.07, 6.45) is 0. The summed E-state index contributed by atoms with van der Waals surface area (Å²) in [4.78, 5) is 22.3. The molecule has 0 saturated carbocycles. The van der Waals surface area contributed by atoms with Crippen LogP contribution in [-0.2, 0) is 4.79 Å². The largest absolute Gasteiger partial charge is 0.325 e. The Balaban J connectivity index is 1.72. The number of aromatic nitrogens is 2. The number of carbonyl (C=O) groups is 1. The van der Waals surface area contributed by atoms with E-state index in [0.29, 0.717) is 5.82 Å². The van der Waals surface area contributed by atoms with E-state index in [-0.39, 0.29) is 5.91 Å². The number of anilines is 1. The van der Waals surface area contributed by atoms with Crippen molar-refractivity contribution in [2.24, 2.45) is 0 Å². The number of fused-ring (bicyclic) bond motifs is 1. The third-order valence-electron chi connectivity index (χ3n) is 4.29. The minimum Gasteiger partial charge on any atom is -0.325 e. The van der Waals surface area contributed by atoms with Crippen molar-refractivity contribution in [3.8, 4) is 0 Å². The lowest BCUT2D eigenvalue weighted by Crippen LogP contribution is -2.19. The van der Waals surface area contributed by atoms with Crippen LogP contribution in [-0.4, -0.2) is 15.9 Å². The SMILES string of the molecule is Cc1nc(SC(C(=O)Nc2ccccc2)c2ccccc2)c2ccccc2n1. The molecule has 0 bridgehead atoms. The number of thioether (sulfide) groups is 1. The van der Waals surface area contributed by atoms with Gasteiger partial charge in [-0.1, -0.05) is 78.5 Å². The zero-order valence-corrected chi connectivity index (χ0v) is 16.2. The molecule has 5 heteroatoms. The first kappa shape index (κ1) is 18.2. The zero-order chi connectivity index (χ0) is 19.3. The van der Waals surface area contributed by atoms with Crippen molar-refractivity contribution in [1.29, 1.82) is 0 Å². The molecule has 1 amide bonds. The van der Waals surface area contributed by atoms with Crippen LogP contribution < -0.4 is 5.32 Å². The zero-order valence-electron chi connectivity index (χ0n) is 15.4. The molecule has 4 rings (SSSR count). The molecular weight excluding hydrogens is 366 g/mol. The van der Waals surface area contributed by atoms with Gasteiger partial charge in [0.25, 0.3) is 0 Å². The summed E-state index contributed by atoms with van der Waals surface area (Å²) in [5.74, 6) is 0.610. The summed E-state index contributed by atoms with van der Waals surface area (Å²) in [6.45, 7) is 1.87. The van der Waals surface area contributed by atoms with Gasteiger partial charge in [-0.15, -0.1) is 0 Å². The summed E-state index contributed by atoms with van der Waals surface area (Å²) in [5.41, 5.74) is 2.59. The van der Waals surface area contributed by atoms with Gasteiger partial charge in [-0.2, -0.15) is 0 Å². The molecule has 0 saturated heterocycles. The Morgan fingerprint density at radius 1 is 0.857 bits per heavy atom. The monoisotopic (exact) mass is 385 g/mol. The van der Waals surface area contributed by atoms with Crippen molar-refractivity contribution in [3.05, 3.63) is 96.3 Å². The Labute approximate surface area is 168 Å². The van der Waals surface area contributed by atoms with E-state index < -0.39 is 5.25 Å². The number of nitrogens with one attached hydrogen (secondary N) is 1. The Bertz CT molecular complexity index is 1100. The second-order valence-corrected chi connectivity index (χ2v) is 7.45. The molecule has 0 aliphatic rings. The number of aryl methyl sites for hydroxylation is 1.